The third-order valence-electron chi connectivity index (χ3n) is 1.75. The minimum atomic E-state index is -0.626. The Morgan fingerprint density at radius 1 is 1.13 bits per heavy atom. The Hall–Kier alpha value is -2.44. The van der Waals surface area contributed by atoms with Gasteiger partial charge in [0.25, 0.3) is 5.69 Å². The number of nitrogens with zero attached hydrogens (tertiary/aromatic N) is 1. The van der Waals surface area contributed by atoms with Crippen molar-refractivity contribution >= 4 is 17.4 Å². The van der Waals surface area contributed by atoms with Gasteiger partial charge in [-0.3, -0.25) is 20.9 Å². The minimum absolute atomic E-state index is 0.175. The van der Waals surface area contributed by atoms with Crippen LogP contribution in [0.25, 0.3) is 0 Å². The number of amidine groups is 2. The zero-order valence-corrected chi connectivity index (χ0v) is 7.65. The molecule has 0 atom stereocenters. The highest BCUT2D eigenvalue weighted by atomic mass is 16.6. The Kier molecular flexibility index (Phi) is 2.65. The molecule has 0 saturated carbocycles. The fourth-order valence-electron chi connectivity index (χ4n) is 1.03. The van der Waals surface area contributed by atoms with Crippen LogP contribution in [0, 0.1) is 20.9 Å². The minimum Gasteiger partial charge on any atom is -0.384 e. The first-order valence-corrected chi connectivity index (χ1v) is 3.90. The van der Waals surface area contributed by atoms with Gasteiger partial charge in [0.2, 0.25) is 0 Å². The monoisotopic (exact) mass is 207 g/mol. The average Bonchev–Trinajstić information content (AvgIpc) is 2.16. The molecule has 0 fully saturated rings. The van der Waals surface area contributed by atoms with E-state index in [1.165, 1.54) is 6.07 Å². The van der Waals surface area contributed by atoms with Gasteiger partial charge in [-0.2, -0.15) is 0 Å². The first-order valence-electron chi connectivity index (χ1n) is 3.90. The van der Waals surface area contributed by atoms with E-state index in [1.54, 1.807) is 0 Å². The number of hydrogen-bond donors (Lipinski definition) is 4. The molecule has 0 saturated heterocycles. The SMILES string of the molecule is N=C(N)c1cc(C(=N)N)cc([N+](=O)[O-])c1. The third-order valence-corrected chi connectivity index (χ3v) is 1.75. The number of benzene rings is 1. The molecule has 0 aliphatic rings. The number of nitrogen functional groups attached to an aromatic ring is 2. The van der Waals surface area contributed by atoms with Gasteiger partial charge in [-0.05, 0) is 6.07 Å². The van der Waals surface area contributed by atoms with E-state index in [1.807, 2.05) is 0 Å². The Morgan fingerprint density at radius 2 is 1.53 bits per heavy atom. The molecule has 1 aromatic carbocycles. The first kappa shape index (κ1) is 10.6. The van der Waals surface area contributed by atoms with Crippen molar-refractivity contribution in [3.8, 4) is 0 Å². The smallest absolute Gasteiger partial charge is 0.270 e. The molecule has 0 amide bonds. The van der Waals surface area contributed by atoms with Gasteiger partial charge in [-0.25, -0.2) is 0 Å². The number of nitrogens with two attached hydrogens (primary N) is 2. The van der Waals surface area contributed by atoms with Crippen LogP contribution in [0.15, 0.2) is 18.2 Å². The highest BCUT2D eigenvalue weighted by Crippen LogP contribution is 2.16. The van der Waals surface area contributed by atoms with E-state index >= 15 is 0 Å². The van der Waals surface area contributed by atoms with Gasteiger partial charge in [0.05, 0.1) is 4.92 Å². The van der Waals surface area contributed by atoms with E-state index in [4.69, 9.17) is 22.3 Å². The zero-order chi connectivity index (χ0) is 11.6. The lowest BCUT2D eigenvalue weighted by Gasteiger charge is -2.02. The van der Waals surface area contributed by atoms with Crippen molar-refractivity contribution in [2.24, 2.45) is 11.5 Å². The molecule has 0 aliphatic heterocycles. The van der Waals surface area contributed by atoms with Crippen LogP contribution in [0.4, 0.5) is 5.69 Å². The van der Waals surface area contributed by atoms with Gasteiger partial charge in [0.1, 0.15) is 11.7 Å². The standard InChI is InChI=1S/C8H9N5O2/c9-7(10)4-1-5(8(11)12)3-6(2-4)13(14)15/h1-3H,(H3,9,10)(H3,11,12). The van der Waals surface area contributed by atoms with Crippen molar-refractivity contribution in [1.29, 1.82) is 10.8 Å². The maximum Gasteiger partial charge on any atom is 0.270 e. The van der Waals surface area contributed by atoms with Crippen LogP contribution >= 0.6 is 0 Å². The van der Waals surface area contributed by atoms with Crippen molar-refractivity contribution in [3.05, 3.63) is 39.4 Å². The second-order valence-corrected chi connectivity index (χ2v) is 2.85. The zero-order valence-electron chi connectivity index (χ0n) is 7.65. The maximum absolute atomic E-state index is 10.5. The molecule has 0 bridgehead atoms. The van der Waals surface area contributed by atoms with Crippen LogP contribution in [0.2, 0.25) is 0 Å². The fourth-order valence-corrected chi connectivity index (χ4v) is 1.03. The lowest BCUT2D eigenvalue weighted by atomic mass is 10.1. The topological polar surface area (TPSA) is 143 Å². The summed E-state index contributed by atoms with van der Waals surface area (Å²) in [5.41, 5.74) is 10.5. The van der Waals surface area contributed by atoms with Crippen LogP contribution in [0.1, 0.15) is 11.1 Å². The van der Waals surface area contributed by atoms with Gasteiger partial charge in [-0.15, -0.1) is 0 Å². The Morgan fingerprint density at radius 3 is 1.80 bits per heavy atom. The van der Waals surface area contributed by atoms with E-state index in [-0.39, 0.29) is 28.5 Å². The van der Waals surface area contributed by atoms with Gasteiger partial charge in [0, 0.05) is 23.3 Å². The number of non-ortho nitro benzene ring substituents is 1. The Balaban J connectivity index is 3.39. The molecule has 7 nitrogen and oxygen atoms in total. The summed E-state index contributed by atoms with van der Waals surface area (Å²) in [5, 5.41) is 24.8. The molecule has 78 valence electrons. The molecule has 1 rings (SSSR count). The highest BCUT2D eigenvalue weighted by Gasteiger charge is 2.12. The second-order valence-electron chi connectivity index (χ2n) is 2.85. The van der Waals surface area contributed by atoms with Crippen molar-refractivity contribution in [2.75, 3.05) is 0 Å². The van der Waals surface area contributed by atoms with Crippen LogP contribution in [0.3, 0.4) is 0 Å². The quantitative estimate of drug-likeness (QED) is 0.242. The normalized spacial score (nSPS) is 9.60. The first-order chi connectivity index (χ1) is 6.91. The van der Waals surface area contributed by atoms with Crippen molar-refractivity contribution in [3.63, 3.8) is 0 Å². The summed E-state index contributed by atoms with van der Waals surface area (Å²) in [4.78, 5) is 9.91. The van der Waals surface area contributed by atoms with Crippen LogP contribution in [0.5, 0.6) is 0 Å². The van der Waals surface area contributed by atoms with Crippen LogP contribution in [-0.4, -0.2) is 16.6 Å². The highest BCUT2D eigenvalue weighted by molar-refractivity contribution is 6.01. The third kappa shape index (κ3) is 2.27. The summed E-state index contributed by atoms with van der Waals surface area (Å²) in [6, 6.07) is 3.68. The van der Waals surface area contributed by atoms with Crippen molar-refractivity contribution < 1.29 is 4.92 Å². The van der Waals surface area contributed by atoms with Gasteiger partial charge < -0.3 is 11.5 Å². The van der Waals surface area contributed by atoms with E-state index < -0.39 is 4.92 Å². The van der Waals surface area contributed by atoms with Crippen molar-refractivity contribution in [2.45, 2.75) is 0 Å². The molecule has 0 heterocycles. The maximum atomic E-state index is 10.5. The summed E-state index contributed by atoms with van der Waals surface area (Å²) < 4.78 is 0. The summed E-state index contributed by atoms with van der Waals surface area (Å²) in [7, 11) is 0. The Bertz CT molecular complexity index is 375. The summed E-state index contributed by atoms with van der Waals surface area (Å²) in [6.45, 7) is 0. The van der Waals surface area contributed by atoms with Gasteiger partial charge in [-0.1, -0.05) is 0 Å². The molecule has 0 unspecified atom stereocenters. The fraction of sp³-hybridized carbons (Fsp3) is 0. The largest absolute Gasteiger partial charge is 0.384 e. The van der Waals surface area contributed by atoms with E-state index in [0.717, 1.165) is 12.1 Å². The molecular weight excluding hydrogens is 198 g/mol. The number of hydrogen-bond acceptors (Lipinski definition) is 4. The molecule has 7 heteroatoms. The number of rotatable bonds is 3. The Labute approximate surface area is 84.9 Å². The van der Waals surface area contributed by atoms with E-state index in [2.05, 4.69) is 0 Å². The lowest BCUT2D eigenvalue weighted by Crippen LogP contribution is -2.16. The number of nitro benzene ring substituents is 1. The second kappa shape index (κ2) is 3.74. The van der Waals surface area contributed by atoms with Crippen LogP contribution in [-0.2, 0) is 0 Å². The van der Waals surface area contributed by atoms with Gasteiger partial charge >= 0.3 is 0 Å². The number of nitrogens with one attached hydrogen (secondary N) is 2. The summed E-state index contributed by atoms with van der Waals surface area (Å²) in [6.07, 6.45) is 0. The number of nitro groups is 1. The molecule has 0 radical (unpaired) electrons. The summed E-state index contributed by atoms with van der Waals surface area (Å²) >= 11 is 0. The predicted molar refractivity (Wildman–Crippen MR) is 55.1 cm³/mol. The molecule has 1 aromatic rings. The van der Waals surface area contributed by atoms with Gasteiger partial charge in [0.15, 0.2) is 0 Å². The lowest BCUT2D eigenvalue weighted by molar-refractivity contribution is -0.384. The molecular formula is C8H9N5O2. The molecule has 0 spiro atoms. The summed E-state index contributed by atoms with van der Waals surface area (Å²) in [5.74, 6) is -0.609. The average molecular weight is 207 g/mol. The molecule has 0 aromatic heterocycles. The van der Waals surface area contributed by atoms with Crippen LogP contribution < -0.4 is 11.5 Å². The molecule has 15 heavy (non-hydrogen) atoms. The van der Waals surface area contributed by atoms with E-state index in [9.17, 15) is 10.1 Å². The van der Waals surface area contributed by atoms with Crippen molar-refractivity contribution in [1.82, 2.24) is 0 Å². The predicted octanol–water partition coefficient (Wildman–Crippen LogP) is 0.163. The van der Waals surface area contributed by atoms with E-state index in [0.29, 0.717) is 0 Å². The molecule has 0 aliphatic carbocycles. The molecule has 6 N–H and O–H groups in total.